The molecule has 4 nitrogen and oxygen atoms in total. The molecular formula is C16H27NO3. The topological polar surface area (TPSA) is 57.6 Å². The van der Waals surface area contributed by atoms with Gasteiger partial charge >= 0.3 is 5.97 Å². The van der Waals surface area contributed by atoms with Gasteiger partial charge in [-0.25, -0.2) is 0 Å². The second-order valence-corrected chi connectivity index (χ2v) is 7.48. The van der Waals surface area contributed by atoms with Gasteiger partial charge in [0.05, 0.1) is 5.41 Å². The van der Waals surface area contributed by atoms with Crippen molar-refractivity contribution >= 4 is 11.9 Å². The standard InChI is InChI=1S/C16H27NO3/c1-15(2)7-5-4-6-12(15)13(18)17-10-8-16(3,9-11-17)14(19)20/h12H,4-11H2,1-3H3,(H,19,20). The summed E-state index contributed by atoms with van der Waals surface area (Å²) in [5.74, 6) is -0.366. The highest BCUT2D eigenvalue weighted by atomic mass is 16.4. The van der Waals surface area contributed by atoms with E-state index in [1.165, 1.54) is 6.42 Å². The molecule has 1 atom stereocenters. The van der Waals surface area contributed by atoms with Gasteiger partial charge in [0.1, 0.15) is 0 Å². The fourth-order valence-corrected chi connectivity index (χ4v) is 3.61. The van der Waals surface area contributed by atoms with Crippen LogP contribution in [0.3, 0.4) is 0 Å². The van der Waals surface area contributed by atoms with E-state index in [0.29, 0.717) is 25.9 Å². The van der Waals surface area contributed by atoms with Crippen molar-refractivity contribution in [1.82, 2.24) is 4.90 Å². The first-order chi connectivity index (χ1) is 9.26. The second kappa shape index (κ2) is 5.38. The highest BCUT2D eigenvalue weighted by molar-refractivity contribution is 5.80. The van der Waals surface area contributed by atoms with Crippen molar-refractivity contribution < 1.29 is 14.7 Å². The number of hydrogen-bond acceptors (Lipinski definition) is 2. The zero-order valence-corrected chi connectivity index (χ0v) is 12.9. The number of likely N-dealkylation sites (tertiary alicyclic amines) is 1. The number of aliphatic carboxylic acids is 1. The summed E-state index contributed by atoms with van der Waals surface area (Å²) in [6, 6.07) is 0. The van der Waals surface area contributed by atoms with Gasteiger partial charge in [0.15, 0.2) is 0 Å². The minimum Gasteiger partial charge on any atom is -0.481 e. The summed E-state index contributed by atoms with van der Waals surface area (Å²) < 4.78 is 0. The maximum atomic E-state index is 12.7. The fourth-order valence-electron chi connectivity index (χ4n) is 3.61. The van der Waals surface area contributed by atoms with Crippen molar-refractivity contribution in [2.45, 2.75) is 59.3 Å². The maximum absolute atomic E-state index is 12.7. The highest BCUT2D eigenvalue weighted by Crippen LogP contribution is 2.42. The summed E-state index contributed by atoms with van der Waals surface area (Å²) in [5.41, 5.74) is -0.568. The van der Waals surface area contributed by atoms with Crippen LogP contribution in [0.2, 0.25) is 0 Å². The summed E-state index contributed by atoms with van der Waals surface area (Å²) in [6.07, 6.45) is 5.60. The van der Waals surface area contributed by atoms with Gasteiger partial charge in [-0.1, -0.05) is 26.7 Å². The van der Waals surface area contributed by atoms with Gasteiger partial charge in [-0.15, -0.1) is 0 Å². The molecule has 1 saturated heterocycles. The third-order valence-corrected chi connectivity index (χ3v) is 5.50. The van der Waals surface area contributed by atoms with Crippen molar-refractivity contribution in [1.29, 1.82) is 0 Å². The Morgan fingerprint density at radius 2 is 1.65 bits per heavy atom. The first-order valence-electron chi connectivity index (χ1n) is 7.78. The van der Waals surface area contributed by atoms with Crippen LogP contribution in [0.5, 0.6) is 0 Å². The number of amides is 1. The molecule has 1 unspecified atom stereocenters. The molecule has 114 valence electrons. The minimum absolute atomic E-state index is 0.0862. The van der Waals surface area contributed by atoms with E-state index in [2.05, 4.69) is 13.8 Å². The zero-order valence-electron chi connectivity index (χ0n) is 12.9. The molecule has 2 aliphatic rings. The molecule has 1 N–H and O–H groups in total. The lowest BCUT2D eigenvalue weighted by atomic mass is 9.68. The molecule has 1 aliphatic carbocycles. The van der Waals surface area contributed by atoms with Crippen LogP contribution in [0.15, 0.2) is 0 Å². The van der Waals surface area contributed by atoms with Crippen LogP contribution < -0.4 is 0 Å². The van der Waals surface area contributed by atoms with Gasteiger partial charge in [0, 0.05) is 19.0 Å². The van der Waals surface area contributed by atoms with Crippen LogP contribution in [0.4, 0.5) is 0 Å². The van der Waals surface area contributed by atoms with E-state index >= 15 is 0 Å². The van der Waals surface area contributed by atoms with Gasteiger partial charge < -0.3 is 10.0 Å². The Kier molecular flexibility index (Phi) is 4.12. The van der Waals surface area contributed by atoms with Crippen molar-refractivity contribution in [3.05, 3.63) is 0 Å². The highest BCUT2D eigenvalue weighted by Gasteiger charge is 2.43. The predicted molar refractivity (Wildman–Crippen MR) is 77.3 cm³/mol. The molecule has 0 radical (unpaired) electrons. The number of rotatable bonds is 2. The van der Waals surface area contributed by atoms with Gasteiger partial charge in [-0.3, -0.25) is 9.59 Å². The molecule has 0 aromatic rings. The number of carbonyl (C=O) groups excluding carboxylic acids is 1. The van der Waals surface area contributed by atoms with Crippen molar-refractivity contribution in [2.75, 3.05) is 13.1 Å². The van der Waals surface area contributed by atoms with E-state index in [1.807, 2.05) is 4.90 Å². The molecule has 20 heavy (non-hydrogen) atoms. The average molecular weight is 281 g/mol. The summed E-state index contributed by atoms with van der Waals surface area (Å²) in [6.45, 7) is 7.37. The third-order valence-electron chi connectivity index (χ3n) is 5.50. The summed E-state index contributed by atoms with van der Waals surface area (Å²) in [4.78, 5) is 25.9. The van der Waals surface area contributed by atoms with Gasteiger partial charge in [-0.05, 0) is 38.0 Å². The number of carboxylic acid groups (broad SMARTS) is 1. The number of carboxylic acids is 1. The molecule has 2 rings (SSSR count). The molecule has 0 aromatic carbocycles. The molecule has 1 heterocycles. The van der Waals surface area contributed by atoms with Crippen LogP contribution in [-0.2, 0) is 9.59 Å². The number of hydrogen-bond donors (Lipinski definition) is 1. The Morgan fingerprint density at radius 1 is 1.05 bits per heavy atom. The van der Waals surface area contributed by atoms with E-state index in [1.54, 1.807) is 6.92 Å². The smallest absolute Gasteiger partial charge is 0.309 e. The molecular weight excluding hydrogens is 254 g/mol. The minimum atomic E-state index is -0.734. The molecule has 1 aliphatic heterocycles. The lowest BCUT2D eigenvalue weighted by molar-refractivity contribution is -0.155. The molecule has 0 bridgehead atoms. The van der Waals surface area contributed by atoms with E-state index in [-0.39, 0.29) is 17.2 Å². The Balaban J connectivity index is 2.00. The second-order valence-electron chi connectivity index (χ2n) is 7.48. The Bertz CT molecular complexity index is 395. The van der Waals surface area contributed by atoms with Crippen LogP contribution in [-0.4, -0.2) is 35.0 Å². The average Bonchev–Trinajstić information content (AvgIpc) is 2.38. The quantitative estimate of drug-likeness (QED) is 0.846. The molecule has 2 fully saturated rings. The third kappa shape index (κ3) is 2.84. The summed E-state index contributed by atoms with van der Waals surface area (Å²) >= 11 is 0. The first-order valence-corrected chi connectivity index (χ1v) is 7.78. The monoisotopic (exact) mass is 281 g/mol. The van der Waals surface area contributed by atoms with E-state index in [0.717, 1.165) is 19.3 Å². The van der Waals surface area contributed by atoms with Crippen molar-refractivity contribution in [2.24, 2.45) is 16.7 Å². The van der Waals surface area contributed by atoms with Crippen molar-refractivity contribution in [3.63, 3.8) is 0 Å². The molecule has 1 saturated carbocycles. The first kappa shape index (κ1) is 15.3. The zero-order chi connectivity index (χ0) is 15.0. The Morgan fingerprint density at radius 3 is 2.15 bits per heavy atom. The Labute approximate surface area is 121 Å². The van der Waals surface area contributed by atoms with Crippen molar-refractivity contribution in [3.8, 4) is 0 Å². The maximum Gasteiger partial charge on any atom is 0.309 e. The largest absolute Gasteiger partial charge is 0.481 e. The van der Waals surface area contributed by atoms with Crippen LogP contribution in [0.1, 0.15) is 59.3 Å². The molecule has 1 amide bonds. The van der Waals surface area contributed by atoms with Crippen LogP contribution in [0, 0.1) is 16.7 Å². The van der Waals surface area contributed by atoms with Gasteiger partial charge in [0.2, 0.25) is 5.91 Å². The Hall–Kier alpha value is -1.06. The molecule has 0 aromatic heterocycles. The van der Waals surface area contributed by atoms with Crippen LogP contribution >= 0.6 is 0 Å². The lowest BCUT2D eigenvalue weighted by Crippen LogP contribution is -2.49. The molecule has 0 spiro atoms. The van der Waals surface area contributed by atoms with E-state index in [4.69, 9.17) is 0 Å². The number of piperidine rings is 1. The van der Waals surface area contributed by atoms with E-state index < -0.39 is 11.4 Å². The lowest BCUT2D eigenvalue weighted by Gasteiger charge is -2.43. The van der Waals surface area contributed by atoms with Gasteiger partial charge in [-0.2, -0.15) is 0 Å². The summed E-state index contributed by atoms with van der Waals surface area (Å²) in [5, 5.41) is 9.25. The predicted octanol–water partition coefficient (Wildman–Crippen LogP) is 2.92. The SMILES string of the molecule is CC1(C(=O)O)CCN(C(=O)C2CCCCC2(C)C)CC1. The normalized spacial score (nSPS) is 28.9. The summed E-state index contributed by atoms with van der Waals surface area (Å²) in [7, 11) is 0. The molecule has 4 heteroatoms. The number of carbonyl (C=O) groups is 2. The van der Waals surface area contributed by atoms with Gasteiger partial charge in [0.25, 0.3) is 0 Å². The fraction of sp³-hybridized carbons (Fsp3) is 0.875. The van der Waals surface area contributed by atoms with E-state index in [9.17, 15) is 14.7 Å². The number of nitrogens with zero attached hydrogens (tertiary/aromatic N) is 1. The van der Waals surface area contributed by atoms with Crippen LogP contribution in [0.25, 0.3) is 0 Å².